The molecule has 0 unspecified atom stereocenters. The number of rotatable bonds is 4. The molecule has 2 amide bonds. The summed E-state index contributed by atoms with van der Waals surface area (Å²) in [5.41, 5.74) is 1.72. The molecule has 10 nitrogen and oxygen atoms in total. The van der Waals surface area contributed by atoms with Crippen molar-refractivity contribution in [2.24, 2.45) is 0 Å². The lowest BCUT2D eigenvalue weighted by Crippen LogP contribution is -2.52. The number of nitro benzene ring substituents is 1. The highest BCUT2D eigenvalue weighted by molar-refractivity contribution is 5.75. The lowest BCUT2D eigenvalue weighted by atomic mass is 10.2. The van der Waals surface area contributed by atoms with Crippen molar-refractivity contribution in [2.45, 2.75) is 13.0 Å². The van der Waals surface area contributed by atoms with Gasteiger partial charge in [-0.25, -0.2) is 4.79 Å². The zero-order chi connectivity index (χ0) is 20.4. The predicted octanol–water partition coefficient (Wildman–Crippen LogP) is 2.23. The van der Waals surface area contributed by atoms with Gasteiger partial charge in [-0.1, -0.05) is 6.07 Å². The van der Waals surface area contributed by atoms with E-state index >= 15 is 0 Å². The van der Waals surface area contributed by atoms with Crippen molar-refractivity contribution in [3.63, 3.8) is 0 Å². The zero-order valence-electron chi connectivity index (χ0n) is 15.9. The molecule has 1 fully saturated rings. The van der Waals surface area contributed by atoms with Gasteiger partial charge in [0, 0.05) is 50.2 Å². The number of carbonyl (C=O) groups excluding carboxylic acids is 1. The van der Waals surface area contributed by atoms with Crippen molar-refractivity contribution < 1.29 is 9.72 Å². The van der Waals surface area contributed by atoms with Gasteiger partial charge in [-0.2, -0.15) is 0 Å². The minimum Gasteiger partial charge on any atom is -0.368 e. The fourth-order valence-electron chi connectivity index (χ4n) is 3.45. The molecule has 1 N–H and O–H groups in total. The summed E-state index contributed by atoms with van der Waals surface area (Å²) in [6.45, 7) is 4.33. The van der Waals surface area contributed by atoms with Gasteiger partial charge < -0.3 is 15.1 Å². The second kappa shape index (κ2) is 7.74. The summed E-state index contributed by atoms with van der Waals surface area (Å²) in [5, 5.41) is 22.1. The number of fused-ring (bicyclic) bond motifs is 1. The van der Waals surface area contributed by atoms with Crippen LogP contribution in [0.3, 0.4) is 0 Å². The molecule has 150 valence electrons. The van der Waals surface area contributed by atoms with E-state index < -0.39 is 4.92 Å². The molecular formula is C19H21N7O3. The van der Waals surface area contributed by atoms with Gasteiger partial charge in [-0.3, -0.25) is 14.5 Å². The van der Waals surface area contributed by atoms with Crippen LogP contribution in [0.25, 0.3) is 5.65 Å². The Morgan fingerprint density at radius 3 is 2.52 bits per heavy atom. The largest absolute Gasteiger partial charge is 0.368 e. The lowest BCUT2D eigenvalue weighted by molar-refractivity contribution is -0.384. The Morgan fingerprint density at radius 1 is 1.10 bits per heavy atom. The quantitative estimate of drug-likeness (QED) is 0.536. The van der Waals surface area contributed by atoms with Crippen molar-refractivity contribution in [1.29, 1.82) is 0 Å². The first-order chi connectivity index (χ1) is 14.0. The van der Waals surface area contributed by atoms with Gasteiger partial charge in [-0.15, -0.1) is 10.2 Å². The summed E-state index contributed by atoms with van der Waals surface area (Å²) in [7, 11) is 0. The average molecular weight is 395 g/mol. The average Bonchev–Trinajstić information content (AvgIpc) is 3.18. The van der Waals surface area contributed by atoms with Crippen LogP contribution in [0.2, 0.25) is 0 Å². The molecule has 0 spiro atoms. The number of non-ortho nitro benzene ring substituents is 1. The normalized spacial score (nSPS) is 15.3. The van der Waals surface area contributed by atoms with Crippen LogP contribution in [0.4, 0.5) is 16.2 Å². The molecular weight excluding hydrogens is 374 g/mol. The van der Waals surface area contributed by atoms with Crippen LogP contribution < -0.4 is 10.2 Å². The van der Waals surface area contributed by atoms with Crippen LogP contribution in [-0.2, 0) is 0 Å². The number of nitrogens with one attached hydrogen (secondary N) is 1. The minimum atomic E-state index is -0.411. The molecule has 1 saturated heterocycles. The van der Waals surface area contributed by atoms with E-state index in [-0.39, 0.29) is 17.8 Å². The van der Waals surface area contributed by atoms with E-state index in [1.165, 1.54) is 12.1 Å². The van der Waals surface area contributed by atoms with E-state index in [0.717, 1.165) is 11.3 Å². The minimum absolute atomic E-state index is 0.0711. The summed E-state index contributed by atoms with van der Waals surface area (Å²) in [6.07, 6.45) is 1.87. The molecule has 0 bridgehead atoms. The molecule has 0 saturated carbocycles. The Kier molecular flexibility index (Phi) is 4.98. The van der Waals surface area contributed by atoms with Gasteiger partial charge >= 0.3 is 6.03 Å². The lowest BCUT2D eigenvalue weighted by Gasteiger charge is -2.36. The summed E-state index contributed by atoms with van der Waals surface area (Å²) in [4.78, 5) is 26.9. The molecule has 3 aromatic rings. The third-order valence-electron chi connectivity index (χ3n) is 5.06. The third kappa shape index (κ3) is 3.82. The molecule has 1 atom stereocenters. The van der Waals surface area contributed by atoms with Gasteiger partial charge in [-0.05, 0) is 31.2 Å². The molecule has 29 heavy (non-hydrogen) atoms. The van der Waals surface area contributed by atoms with E-state index in [1.54, 1.807) is 17.0 Å². The predicted molar refractivity (Wildman–Crippen MR) is 107 cm³/mol. The van der Waals surface area contributed by atoms with E-state index in [2.05, 4.69) is 20.4 Å². The molecule has 10 heteroatoms. The Morgan fingerprint density at radius 2 is 1.83 bits per heavy atom. The van der Waals surface area contributed by atoms with Crippen LogP contribution >= 0.6 is 0 Å². The first-order valence-corrected chi connectivity index (χ1v) is 9.37. The zero-order valence-corrected chi connectivity index (χ0v) is 15.9. The molecule has 0 radical (unpaired) electrons. The van der Waals surface area contributed by atoms with E-state index in [0.29, 0.717) is 32.0 Å². The molecule has 1 aromatic carbocycles. The van der Waals surface area contributed by atoms with Crippen LogP contribution in [0.15, 0.2) is 48.7 Å². The van der Waals surface area contributed by atoms with Gasteiger partial charge in [0.1, 0.15) is 0 Å². The fraction of sp³-hybridized carbons (Fsp3) is 0.316. The van der Waals surface area contributed by atoms with E-state index in [9.17, 15) is 14.9 Å². The van der Waals surface area contributed by atoms with Crippen LogP contribution in [-0.4, -0.2) is 56.6 Å². The Bertz CT molecular complexity index is 1030. The summed E-state index contributed by atoms with van der Waals surface area (Å²) in [5.74, 6) is 0.679. The van der Waals surface area contributed by atoms with Crippen LogP contribution in [0.1, 0.15) is 18.8 Å². The second-order valence-corrected chi connectivity index (χ2v) is 6.91. The van der Waals surface area contributed by atoms with Crippen molar-refractivity contribution in [2.75, 3.05) is 31.1 Å². The number of urea groups is 1. The molecule has 1 aliphatic heterocycles. The SMILES string of the molecule is C[C@H](NC(=O)N1CCN(c2ccc([N+](=O)[O-])cc2)CC1)c1nnc2ccccn12. The van der Waals surface area contributed by atoms with E-state index in [4.69, 9.17) is 0 Å². The topological polar surface area (TPSA) is 109 Å². The number of piperazine rings is 1. The molecule has 2 aromatic heterocycles. The van der Waals surface area contributed by atoms with E-state index in [1.807, 2.05) is 35.7 Å². The molecule has 4 rings (SSSR count). The Balaban J connectivity index is 1.34. The smallest absolute Gasteiger partial charge is 0.318 e. The number of aromatic nitrogens is 3. The fourth-order valence-corrected chi connectivity index (χ4v) is 3.45. The monoisotopic (exact) mass is 395 g/mol. The standard InChI is InChI=1S/C19H21N7O3/c1-14(18-22-21-17-4-2-3-9-25(17)18)20-19(27)24-12-10-23(11-13-24)15-5-7-16(8-6-15)26(28)29/h2-9,14H,10-13H2,1H3,(H,20,27)/t14-/m0/s1. The highest BCUT2D eigenvalue weighted by Crippen LogP contribution is 2.21. The number of nitrogens with zero attached hydrogens (tertiary/aromatic N) is 6. The number of benzene rings is 1. The highest BCUT2D eigenvalue weighted by atomic mass is 16.6. The number of hydrogen-bond acceptors (Lipinski definition) is 6. The van der Waals surface area contributed by atoms with Gasteiger partial charge in [0.2, 0.25) is 0 Å². The maximum atomic E-state index is 12.7. The van der Waals surface area contributed by atoms with Crippen molar-refractivity contribution >= 4 is 23.1 Å². The third-order valence-corrected chi connectivity index (χ3v) is 5.06. The Labute approximate surface area is 166 Å². The number of carbonyl (C=O) groups is 1. The highest BCUT2D eigenvalue weighted by Gasteiger charge is 2.24. The van der Waals surface area contributed by atoms with Crippen molar-refractivity contribution in [3.05, 3.63) is 64.6 Å². The maximum Gasteiger partial charge on any atom is 0.318 e. The van der Waals surface area contributed by atoms with Crippen molar-refractivity contribution in [1.82, 2.24) is 24.8 Å². The number of pyridine rings is 1. The number of amides is 2. The Hall–Kier alpha value is -3.69. The maximum absolute atomic E-state index is 12.7. The summed E-state index contributed by atoms with van der Waals surface area (Å²) < 4.78 is 1.86. The second-order valence-electron chi connectivity index (χ2n) is 6.91. The van der Waals surface area contributed by atoms with Gasteiger partial charge in [0.25, 0.3) is 5.69 Å². The van der Waals surface area contributed by atoms with Crippen LogP contribution in [0.5, 0.6) is 0 Å². The summed E-state index contributed by atoms with van der Waals surface area (Å²) in [6, 6.07) is 11.7. The number of anilines is 1. The van der Waals surface area contributed by atoms with Crippen molar-refractivity contribution in [3.8, 4) is 0 Å². The van der Waals surface area contributed by atoms with Gasteiger partial charge in [0.15, 0.2) is 11.5 Å². The van der Waals surface area contributed by atoms with Gasteiger partial charge in [0.05, 0.1) is 11.0 Å². The molecule has 0 aliphatic carbocycles. The molecule has 3 heterocycles. The molecule has 1 aliphatic rings. The van der Waals surface area contributed by atoms with Crippen LogP contribution in [0, 0.1) is 10.1 Å². The summed E-state index contributed by atoms with van der Waals surface area (Å²) >= 11 is 0. The first kappa shape index (κ1) is 18.7. The number of hydrogen-bond donors (Lipinski definition) is 1. The first-order valence-electron chi connectivity index (χ1n) is 9.37. The number of nitro groups is 1.